The molecular formula is C33H42N2O. The first kappa shape index (κ1) is 26.3. The summed E-state index contributed by atoms with van der Waals surface area (Å²) in [6, 6.07) is 17.1. The van der Waals surface area contributed by atoms with Gasteiger partial charge in [0, 0.05) is 5.56 Å². The largest absolute Gasteiger partial charge is 0.494 e. The molecule has 0 radical (unpaired) electrons. The summed E-state index contributed by atoms with van der Waals surface area (Å²) < 4.78 is 5.92. The third-order valence-corrected chi connectivity index (χ3v) is 9.14. The SMILES string of the molecule is CCCCCCCOc1ccc(-c2ccc(C34CCC(CCCC)(CC3)CC4)c(C#N)c2C#N)cc1. The van der Waals surface area contributed by atoms with E-state index in [9.17, 15) is 10.5 Å². The fourth-order valence-corrected chi connectivity index (χ4v) is 6.74. The Morgan fingerprint density at radius 3 is 1.97 bits per heavy atom. The molecule has 3 nitrogen and oxygen atoms in total. The number of benzene rings is 2. The van der Waals surface area contributed by atoms with Gasteiger partial charge in [0.15, 0.2) is 0 Å². The van der Waals surface area contributed by atoms with Crippen LogP contribution in [0.4, 0.5) is 0 Å². The molecule has 5 rings (SSSR count). The molecule has 3 aliphatic rings. The van der Waals surface area contributed by atoms with E-state index in [-0.39, 0.29) is 5.41 Å². The van der Waals surface area contributed by atoms with Gasteiger partial charge in [-0.1, -0.05) is 76.6 Å². The maximum absolute atomic E-state index is 10.2. The topological polar surface area (TPSA) is 56.8 Å². The van der Waals surface area contributed by atoms with Gasteiger partial charge in [0.2, 0.25) is 0 Å². The minimum Gasteiger partial charge on any atom is -0.494 e. The van der Waals surface area contributed by atoms with Crippen LogP contribution in [0.2, 0.25) is 0 Å². The van der Waals surface area contributed by atoms with Gasteiger partial charge >= 0.3 is 0 Å². The highest BCUT2D eigenvalue weighted by molar-refractivity contribution is 5.75. The van der Waals surface area contributed by atoms with Gasteiger partial charge in [-0.25, -0.2) is 0 Å². The Hall–Kier alpha value is -2.78. The van der Waals surface area contributed by atoms with Crippen molar-refractivity contribution in [2.24, 2.45) is 5.41 Å². The van der Waals surface area contributed by atoms with Crippen molar-refractivity contribution in [2.75, 3.05) is 6.61 Å². The molecule has 190 valence electrons. The highest BCUT2D eigenvalue weighted by Gasteiger charge is 2.49. The normalized spacial score (nSPS) is 22.7. The lowest BCUT2D eigenvalue weighted by Gasteiger charge is -2.54. The maximum Gasteiger partial charge on any atom is 0.119 e. The summed E-state index contributed by atoms with van der Waals surface area (Å²) >= 11 is 0. The van der Waals surface area contributed by atoms with E-state index in [0.717, 1.165) is 54.7 Å². The third-order valence-electron chi connectivity index (χ3n) is 9.14. The predicted octanol–water partition coefficient (Wildman–Crippen LogP) is 9.23. The van der Waals surface area contributed by atoms with Gasteiger partial charge in [-0.3, -0.25) is 0 Å². The van der Waals surface area contributed by atoms with E-state index in [0.29, 0.717) is 16.5 Å². The fraction of sp³-hybridized carbons (Fsp3) is 0.576. The minimum atomic E-state index is 0.0674. The molecule has 3 heteroatoms. The summed E-state index contributed by atoms with van der Waals surface area (Å²) in [7, 11) is 0. The summed E-state index contributed by atoms with van der Waals surface area (Å²) in [6.07, 6.45) is 17.3. The molecule has 3 saturated carbocycles. The minimum absolute atomic E-state index is 0.0674. The Kier molecular flexibility index (Phi) is 8.74. The summed E-state index contributed by atoms with van der Waals surface area (Å²) in [6.45, 7) is 5.25. The van der Waals surface area contributed by atoms with Crippen LogP contribution in [0.3, 0.4) is 0 Å². The molecule has 3 fully saturated rings. The Labute approximate surface area is 218 Å². The van der Waals surface area contributed by atoms with Crippen LogP contribution in [0, 0.1) is 28.1 Å². The van der Waals surface area contributed by atoms with Crippen molar-refractivity contribution in [3.05, 3.63) is 53.1 Å². The molecule has 0 amide bonds. The standard InChI is InChI=1S/C33H42N2O/c1-3-5-7-8-9-23-36-27-12-10-26(11-13-27)28-14-15-31(30(25-35)29(28)24-34)33-20-17-32(18-21-33,19-22-33)16-6-4-2/h10-15H,3-9,16-23H2,1-2H3. The number of hydrogen-bond acceptors (Lipinski definition) is 3. The quantitative estimate of drug-likeness (QED) is 0.283. The van der Waals surface area contributed by atoms with Gasteiger partial charge in [0.25, 0.3) is 0 Å². The molecule has 36 heavy (non-hydrogen) atoms. The van der Waals surface area contributed by atoms with E-state index < -0.39 is 0 Å². The summed E-state index contributed by atoms with van der Waals surface area (Å²) in [4.78, 5) is 0. The van der Waals surface area contributed by atoms with Crippen molar-refractivity contribution >= 4 is 0 Å². The number of hydrogen-bond donors (Lipinski definition) is 0. The smallest absolute Gasteiger partial charge is 0.119 e. The summed E-state index contributed by atoms with van der Waals surface area (Å²) in [5.74, 6) is 0.861. The first-order valence-corrected chi connectivity index (χ1v) is 14.3. The third kappa shape index (κ3) is 5.47. The predicted molar refractivity (Wildman–Crippen MR) is 147 cm³/mol. The number of nitrogens with zero attached hydrogens (tertiary/aromatic N) is 2. The first-order chi connectivity index (χ1) is 17.6. The van der Waals surface area contributed by atoms with Crippen LogP contribution in [0.15, 0.2) is 36.4 Å². The number of ether oxygens (including phenoxy) is 1. The van der Waals surface area contributed by atoms with E-state index in [1.807, 2.05) is 24.3 Å². The highest BCUT2D eigenvalue weighted by Crippen LogP contribution is 2.60. The highest BCUT2D eigenvalue weighted by atomic mass is 16.5. The molecule has 0 heterocycles. The van der Waals surface area contributed by atoms with Crippen molar-refractivity contribution < 1.29 is 4.74 Å². The van der Waals surface area contributed by atoms with Crippen LogP contribution in [0.1, 0.15) is 120 Å². The van der Waals surface area contributed by atoms with Gasteiger partial charge < -0.3 is 4.74 Å². The van der Waals surface area contributed by atoms with E-state index in [1.165, 1.54) is 64.2 Å². The molecule has 0 atom stereocenters. The average molecular weight is 483 g/mol. The molecular weight excluding hydrogens is 440 g/mol. The molecule has 0 N–H and O–H groups in total. The number of nitriles is 2. The lowest BCUT2D eigenvalue weighted by Crippen LogP contribution is -2.44. The Balaban J connectivity index is 1.51. The zero-order valence-corrected chi connectivity index (χ0v) is 22.4. The molecule has 0 aromatic heterocycles. The van der Waals surface area contributed by atoms with Crippen LogP contribution in [-0.4, -0.2) is 6.61 Å². The van der Waals surface area contributed by atoms with Crippen molar-refractivity contribution in [1.29, 1.82) is 10.5 Å². The van der Waals surface area contributed by atoms with Crippen molar-refractivity contribution in [3.63, 3.8) is 0 Å². The first-order valence-electron chi connectivity index (χ1n) is 14.3. The van der Waals surface area contributed by atoms with E-state index >= 15 is 0 Å². The van der Waals surface area contributed by atoms with Crippen LogP contribution >= 0.6 is 0 Å². The molecule has 0 spiro atoms. The monoisotopic (exact) mass is 482 g/mol. The Bertz CT molecular complexity index is 1080. The van der Waals surface area contributed by atoms with E-state index in [4.69, 9.17) is 4.74 Å². The zero-order valence-electron chi connectivity index (χ0n) is 22.4. The summed E-state index contributed by atoms with van der Waals surface area (Å²) in [5, 5.41) is 20.4. The van der Waals surface area contributed by atoms with Gasteiger partial charge in [-0.15, -0.1) is 0 Å². The number of fused-ring (bicyclic) bond motifs is 3. The van der Waals surface area contributed by atoms with Crippen molar-refractivity contribution in [2.45, 2.75) is 109 Å². The lowest BCUT2D eigenvalue weighted by atomic mass is 9.50. The molecule has 2 bridgehead atoms. The Morgan fingerprint density at radius 2 is 1.36 bits per heavy atom. The fourth-order valence-electron chi connectivity index (χ4n) is 6.74. The van der Waals surface area contributed by atoms with Crippen molar-refractivity contribution in [1.82, 2.24) is 0 Å². The molecule has 2 aromatic rings. The van der Waals surface area contributed by atoms with Crippen LogP contribution in [0.5, 0.6) is 5.75 Å². The molecule has 3 aliphatic carbocycles. The van der Waals surface area contributed by atoms with E-state index in [1.54, 1.807) is 0 Å². The van der Waals surface area contributed by atoms with Gasteiger partial charge in [0.05, 0.1) is 17.7 Å². The van der Waals surface area contributed by atoms with Crippen LogP contribution < -0.4 is 4.74 Å². The number of unbranched alkanes of at least 4 members (excludes halogenated alkanes) is 5. The van der Waals surface area contributed by atoms with Gasteiger partial charge in [-0.2, -0.15) is 10.5 Å². The van der Waals surface area contributed by atoms with Crippen molar-refractivity contribution in [3.8, 4) is 29.0 Å². The van der Waals surface area contributed by atoms with E-state index in [2.05, 4.69) is 38.1 Å². The van der Waals surface area contributed by atoms with Gasteiger partial charge in [0.1, 0.15) is 17.9 Å². The number of rotatable bonds is 12. The molecule has 2 aromatic carbocycles. The Morgan fingerprint density at radius 1 is 0.722 bits per heavy atom. The lowest BCUT2D eigenvalue weighted by molar-refractivity contribution is 0.0307. The van der Waals surface area contributed by atoms with Crippen LogP contribution in [0.25, 0.3) is 11.1 Å². The van der Waals surface area contributed by atoms with Crippen LogP contribution in [-0.2, 0) is 5.41 Å². The summed E-state index contributed by atoms with van der Waals surface area (Å²) in [5.41, 5.74) is 4.67. The second kappa shape index (κ2) is 12.0. The second-order valence-corrected chi connectivity index (χ2v) is 11.3. The molecule has 0 unspecified atom stereocenters. The maximum atomic E-state index is 10.2. The molecule has 0 saturated heterocycles. The average Bonchev–Trinajstić information content (AvgIpc) is 2.94. The van der Waals surface area contributed by atoms with Gasteiger partial charge in [-0.05, 0) is 85.5 Å². The second-order valence-electron chi connectivity index (χ2n) is 11.3. The zero-order chi connectivity index (χ0) is 25.4. The molecule has 0 aliphatic heterocycles.